The summed E-state index contributed by atoms with van der Waals surface area (Å²) in [5, 5.41) is 12.5. The van der Waals surface area contributed by atoms with Crippen LogP contribution in [-0.4, -0.2) is 31.6 Å². The molecule has 0 saturated heterocycles. The van der Waals surface area contributed by atoms with Crippen LogP contribution in [0.1, 0.15) is 59.8 Å². The monoisotopic (exact) mass is 385 g/mol. The number of hydrogen-bond donors (Lipinski definition) is 1. The van der Waals surface area contributed by atoms with Crippen LogP contribution in [0.5, 0.6) is 5.75 Å². The number of anilines is 1. The van der Waals surface area contributed by atoms with Crippen LogP contribution in [0.15, 0.2) is 24.3 Å². The number of rotatable bonds is 8. The average Bonchev–Trinajstić information content (AvgIpc) is 2.67. The lowest BCUT2D eigenvalue weighted by atomic mass is 9.69. The minimum absolute atomic E-state index is 0.0117. The molecular formula is C23H35N3O2. The van der Waals surface area contributed by atoms with Crippen LogP contribution in [-0.2, 0) is 4.79 Å². The SMILES string of the molecule is CCOc1ccc(N(CCC#N)C(=O)CNC2CCCCC2C(C)(C)C)cc1. The first-order valence-electron chi connectivity index (χ1n) is 10.5. The summed E-state index contributed by atoms with van der Waals surface area (Å²) in [6.45, 7) is 10.1. The number of amides is 1. The molecule has 2 rings (SSSR count). The smallest absolute Gasteiger partial charge is 0.240 e. The van der Waals surface area contributed by atoms with Crippen LogP contribution in [0.2, 0.25) is 0 Å². The zero-order valence-electron chi connectivity index (χ0n) is 17.8. The molecule has 1 aromatic rings. The van der Waals surface area contributed by atoms with E-state index in [0.717, 1.165) is 17.9 Å². The predicted molar refractivity (Wildman–Crippen MR) is 113 cm³/mol. The fourth-order valence-corrected chi connectivity index (χ4v) is 4.17. The number of carbonyl (C=O) groups is 1. The zero-order valence-corrected chi connectivity index (χ0v) is 17.8. The van der Waals surface area contributed by atoms with Gasteiger partial charge in [0, 0.05) is 18.3 Å². The third-order valence-corrected chi connectivity index (χ3v) is 5.60. The molecule has 28 heavy (non-hydrogen) atoms. The molecule has 0 aliphatic heterocycles. The molecule has 1 N–H and O–H groups in total. The summed E-state index contributed by atoms with van der Waals surface area (Å²) in [7, 11) is 0. The van der Waals surface area contributed by atoms with Gasteiger partial charge in [0.2, 0.25) is 5.91 Å². The van der Waals surface area contributed by atoms with Crippen LogP contribution in [0.4, 0.5) is 5.69 Å². The molecule has 1 fully saturated rings. The topological polar surface area (TPSA) is 65.4 Å². The van der Waals surface area contributed by atoms with E-state index in [9.17, 15) is 4.79 Å². The van der Waals surface area contributed by atoms with E-state index in [1.54, 1.807) is 4.90 Å². The molecule has 5 heteroatoms. The molecule has 1 aliphatic rings. The number of ether oxygens (including phenoxy) is 1. The van der Waals surface area contributed by atoms with Crippen molar-refractivity contribution in [1.82, 2.24) is 5.32 Å². The summed E-state index contributed by atoms with van der Waals surface area (Å²) in [5.41, 5.74) is 1.04. The summed E-state index contributed by atoms with van der Waals surface area (Å²) in [6.07, 6.45) is 5.14. The molecule has 0 bridgehead atoms. The van der Waals surface area contributed by atoms with E-state index >= 15 is 0 Å². The quantitative estimate of drug-likeness (QED) is 0.714. The third-order valence-electron chi connectivity index (χ3n) is 5.60. The molecule has 2 unspecified atom stereocenters. The molecule has 0 radical (unpaired) electrons. The highest BCUT2D eigenvalue weighted by atomic mass is 16.5. The lowest BCUT2D eigenvalue weighted by Gasteiger charge is -2.41. The van der Waals surface area contributed by atoms with Gasteiger partial charge in [0.25, 0.3) is 0 Å². The van der Waals surface area contributed by atoms with E-state index in [1.165, 1.54) is 19.3 Å². The van der Waals surface area contributed by atoms with Crippen LogP contribution >= 0.6 is 0 Å². The Hall–Kier alpha value is -2.06. The summed E-state index contributed by atoms with van der Waals surface area (Å²) in [4.78, 5) is 14.7. The van der Waals surface area contributed by atoms with Crippen LogP contribution < -0.4 is 15.0 Å². The number of hydrogen-bond acceptors (Lipinski definition) is 4. The molecule has 154 valence electrons. The minimum atomic E-state index is 0.0117. The number of nitrogens with zero attached hydrogens (tertiary/aromatic N) is 2. The number of nitriles is 1. The second-order valence-corrected chi connectivity index (χ2v) is 8.62. The van der Waals surface area contributed by atoms with Crippen molar-refractivity contribution in [1.29, 1.82) is 5.26 Å². The molecule has 2 atom stereocenters. The highest BCUT2D eigenvalue weighted by molar-refractivity contribution is 5.94. The van der Waals surface area contributed by atoms with Crippen molar-refractivity contribution in [3.63, 3.8) is 0 Å². The molecular weight excluding hydrogens is 350 g/mol. The third kappa shape index (κ3) is 6.24. The Labute approximate surface area is 170 Å². The van der Waals surface area contributed by atoms with Crippen molar-refractivity contribution in [2.45, 2.75) is 65.8 Å². The highest BCUT2D eigenvalue weighted by Crippen LogP contribution is 2.37. The Morgan fingerprint density at radius 1 is 1.25 bits per heavy atom. The van der Waals surface area contributed by atoms with Gasteiger partial charge in [0.15, 0.2) is 0 Å². The van der Waals surface area contributed by atoms with Gasteiger partial charge >= 0.3 is 0 Å². The fourth-order valence-electron chi connectivity index (χ4n) is 4.17. The lowest BCUT2D eigenvalue weighted by Crippen LogP contribution is -2.48. The summed E-state index contributed by atoms with van der Waals surface area (Å²) < 4.78 is 5.48. The van der Waals surface area contributed by atoms with Crippen molar-refractivity contribution in [3.05, 3.63) is 24.3 Å². The molecule has 0 heterocycles. The van der Waals surface area contributed by atoms with Gasteiger partial charge in [-0.25, -0.2) is 0 Å². The number of benzene rings is 1. The Morgan fingerprint density at radius 3 is 2.54 bits per heavy atom. The van der Waals surface area contributed by atoms with Crippen molar-refractivity contribution >= 4 is 11.6 Å². The molecule has 1 aliphatic carbocycles. The number of nitrogens with one attached hydrogen (secondary N) is 1. The molecule has 0 spiro atoms. The van der Waals surface area contributed by atoms with E-state index in [-0.39, 0.29) is 11.3 Å². The van der Waals surface area contributed by atoms with Crippen molar-refractivity contribution in [2.75, 3.05) is 24.6 Å². The Morgan fingerprint density at radius 2 is 1.93 bits per heavy atom. The maximum atomic E-state index is 13.0. The first-order valence-corrected chi connectivity index (χ1v) is 10.5. The molecule has 5 nitrogen and oxygen atoms in total. The van der Waals surface area contributed by atoms with Crippen LogP contribution in [0, 0.1) is 22.7 Å². The van der Waals surface area contributed by atoms with Gasteiger partial charge in [-0.05, 0) is 55.4 Å². The van der Waals surface area contributed by atoms with Gasteiger partial charge in [-0.3, -0.25) is 4.79 Å². The van der Waals surface area contributed by atoms with Gasteiger partial charge in [-0.1, -0.05) is 33.6 Å². The van der Waals surface area contributed by atoms with Crippen molar-refractivity contribution < 1.29 is 9.53 Å². The lowest BCUT2D eigenvalue weighted by molar-refractivity contribution is -0.118. The van der Waals surface area contributed by atoms with Gasteiger partial charge in [0.1, 0.15) is 5.75 Å². The van der Waals surface area contributed by atoms with Crippen molar-refractivity contribution in [3.8, 4) is 11.8 Å². The summed E-state index contributed by atoms with van der Waals surface area (Å²) in [6, 6.07) is 10.0. The van der Waals surface area contributed by atoms with Gasteiger partial charge < -0.3 is 15.0 Å². The Balaban J connectivity index is 2.05. The maximum absolute atomic E-state index is 13.0. The number of carbonyl (C=O) groups excluding carboxylic acids is 1. The van der Waals surface area contributed by atoms with E-state index < -0.39 is 0 Å². The second kappa shape index (κ2) is 10.5. The Kier molecular flexibility index (Phi) is 8.32. The molecule has 1 aromatic carbocycles. The van der Waals surface area contributed by atoms with E-state index in [1.807, 2.05) is 31.2 Å². The first-order chi connectivity index (χ1) is 13.4. The largest absolute Gasteiger partial charge is 0.494 e. The molecule has 1 saturated carbocycles. The fraction of sp³-hybridized carbons (Fsp3) is 0.652. The van der Waals surface area contributed by atoms with Crippen molar-refractivity contribution in [2.24, 2.45) is 11.3 Å². The van der Waals surface area contributed by atoms with E-state index in [2.05, 4.69) is 32.2 Å². The average molecular weight is 386 g/mol. The van der Waals surface area contributed by atoms with E-state index in [4.69, 9.17) is 10.00 Å². The standard InChI is InChI=1S/C23H35N3O2/c1-5-28-19-13-11-18(12-14-19)26(16-8-15-24)22(27)17-25-21-10-7-6-9-20(21)23(2,3)4/h11-14,20-21,25H,5-10,16-17H2,1-4H3. The second-order valence-electron chi connectivity index (χ2n) is 8.62. The minimum Gasteiger partial charge on any atom is -0.494 e. The molecule has 1 amide bonds. The van der Waals surface area contributed by atoms with Gasteiger partial charge in [-0.2, -0.15) is 5.26 Å². The normalized spacial score (nSPS) is 19.7. The van der Waals surface area contributed by atoms with Crippen LogP contribution in [0.3, 0.4) is 0 Å². The summed E-state index contributed by atoms with van der Waals surface area (Å²) >= 11 is 0. The van der Waals surface area contributed by atoms with Gasteiger partial charge in [0.05, 0.1) is 25.6 Å². The molecule has 0 aromatic heterocycles. The Bertz CT molecular complexity index is 658. The summed E-state index contributed by atoms with van der Waals surface area (Å²) in [5.74, 6) is 1.37. The van der Waals surface area contributed by atoms with Crippen LogP contribution in [0.25, 0.3) is 0 Å². The van der Waals surface area contributed by atoms with E-state index in [0.29, 0.717) is 38.1 Å². The predicted octanol–water partition coefficient (Wildman–Crippen LogP) is 4.53. The highest BCUT2D eigenvalue weighted by Gasteiger charge is 2.34. The first kappa shape index (κ1) is 22.2. The zero-order chi connectivity index (χ0) is 20.6. The van der Waals surface area contributed by atoms with Gasteiger partial charge in [-0.15, -0.1) is 0 Å². The maximum Gasteiger partial charge on any atom is 0.240 e.